The fraction of sp³-hybridized carbons (Fsp3) is 0. The molecule has 0 aliphatic rings. The molecule has 0 aliphatic carbocycles. The summed E-state index contributed by atoms with van der Waals surface area (Å²) in [7, 11) is 0. The number of carbonyl (C=O) groups excluding carboxylic acids is 2. The summed E-state index contributed by atoms with van der Waals surface area (Å²) < 4.78 is 0. The first-order valence-electron chi connectivity index (χ1n) is 6.47. The molecule has 0 amide bonds. The van der Waals surface area contributed by atoms with Crippen molar-refractivity contribution in [1.29, 1.82) is 0 Å². The summed E-state index contributed by atoms with van der Waals surface area (Å²) in [6.07, 6.45) is 1.40. The Bertz CT molecular complexity index is 897. The van der Waals surface area contributed by atoms with Gasteiger partial charge in [0.05, 0.1) is 10.5 Å². The molecule has 108 valence electrons. The third-order valence-electron chi connectivity index (χ3n) is 3.36. The quantitative estimate of drug-likeness (QED) is 0.346. The van der Waals surface area contributed by atoms with E-state index in [4.69, 9.17) is 0 Å². The van der Waals surface area contributed by atoms with Gasteiger partial charge in [0.25, 0.3) is 5.69 Å². The van der Waals surface area contributed by atoms with Crippen molar-refractivity contribution in [3.05, 3.63) is 76.0 Å². The highest BCUT2D eigenvalue weighted by Crippen LogP contribution is 2.24. The monoisotopic (exact) mass is 294 g/mol. The van der Waals surface area contributed by atoms with Crippen LogP contribution >= 0.6 is 0 Å². The van der Waals surface area contributed by atoms with Crippen LogP contribution in [0.4, 0.5) is 5.69 Å². The van der Waals surface area contributed by atoms with Crippen LogP contribution in [0.5, 0.6) is 0 Å². The number of non-ortho nitro benzene ring substituents is 1. The van der Waals surface area contributed by atoms with Gasteiger partial charge < -0.3 is 4.98 Å². The normalized spacial score (nSPS) is 10.5. The number of ketones is 2. The number of carbonyl (C=O) groups is 2. The van der Waals surface area contributed by atoms with Gasteiger partial charge in [-0.1, -0.05) is 30.3 Å². The molecule has 0 spiro atoms. The predicted molar refractivity (Wildman–Crippen MR) is 80.1 cm³/mol. The number of benzene rings is 2. The molecule has 3 rings (SSSR count). The molecule has 0 fully saturated rings. The summed E-state index contributed by atoms with van der Waals surface area (Å²) in [5, 5.41) is 11.2. The molecule has 0 bridgehead atoms. The number of aromatic nitrogens is 1. The number of nitrogens with zero attached hydrogens (tertiary/aromatic N) is 1. The van der Waals surface area contributed by atoms with Gasteiger partial charge in [0.2, 0.25) is 11.6 Å². The number of fused-ring (bicyclic) bond motifs is 1. The van der Waals surface area contributed by atoms with Gasteiger partial charge in [-0.25, -0.2) is 0 Å². The number of hydrogen-bond acceptors (Lipinski definition) is 4. The number of aromatic amines is 1. The molecule has 1 heterocycles. The Morgan fingerprint density at radius 2 is 1.73 bits per heavy atom. The average molecular weight is 294 g/mol. The Morgan fingerprint density at radius 3 is 2.41 bits per heavy atom. The van der Waals surface area contributed by atoms with E-state index in [2.05, 4.69) is 4.98 Å². The minimum absolute atomic E-state index is 0.131. The van der Waals surface area contributed by atoms with E-state index < -0.39 is 16.5 Å². The minimum atomic E-state index is -0.696. The Hall–Kier alpha value is -3.28. The van der Waals surface area contributed by atoms with Crippen LogP contribution in [0.25, 0.3) is 10.9 Å². The summed E-state index contributed by atoms with van der Waals surface area (Å²) in [6.45, 7) is 0. The molecule has 22 heavy (non-hydrogen) atoms. The number of rotatable bonds is 4. The second-order valence-electron chi connectivity index (χ2n) is 4.71. The van der Waals surface area contributed by atoms with Crippen molar-refractivity contribution in [2.75, 3.05) is 0 Å². The molecule has 0 radical (unpaired) electrons. The van der Waals surface area contributed by atoms with E-state index in [0.717, 1.165) is 0 Å². The van der Waals surface area contributed by atoms with Gasteiger partial charge in [0, 0.05) is 34.8 Å². The van der Waals surface area contributed by atoms with E-state index in [1.807, 2.05) is 0 Å². The molecule has 0 atom stereocenters. The third kappa shape index (κ3) is 2.26. The van der Waals surface area contributed by atoms with Crippen LogP contribution in [0.2, 0.25) is 0 Å². The lowest BCUT2D eigenvalue weighted by molar-refractivity contribution is -0.384. The van der Waals surface area contributed by atoms with Crippen LogP contribution in [-0.4, -0.2) is 21.5 Å². The highest BCUT2D eigenvalue weighted by Gasteiger charge is 2.22. The molecule has 0 saturated carbocycles. The van der Waals surface area contributed by atoms with Gasteiger partial charge in [-0.05, 0) is 6.07 Å². The molecule has 1 N–H and O–H groups in total. The maximum Gasteiger partial charge on any atom is 0.270 e. The number of Topliss-reactive ketones (excluding diaryl/α,β-unsaturated/α-hetero) is 2. The van der Waals surface area contributed by atoms with E-state index >= 15 is 0 Å². The van der Waals surface area contributed by atoms with E-state index in [-0.39, 0.29) is 16.8 Å². The summed E-state index contributed by atoms with van der Waals surface area (Å²) in [5.41, 5.74) is 0.850. The number of nitro benzene ring substituents is 1. The van der Waals surface area contributed by atoms with Crippen LogP contribution in [0.1, 0.15) is 20.7 Å². The summed E-state index contributed by atoms with van der Waals surface area (Å²) >= 11 is 0. The zero-order valence-electron chi connectivity index (χ0n) is 11.3. The first-order valence-corrected chi connectivity index (χ1v) is 6.47. The Morgan fingerprint density at radius 1 is 1.00 bits per heavy atom. The third-order valence-corrected chi connectivity index (χ3v) is 3.36. The van der Waals surface area contributed by atoms with Crippen molar-refractivity contribution < 1.29 is 14.5 Å². The summed E-state index contributed by atoms with van der Waals surface area (Å²) in [4.78, 5) is 37.7. The Kier molecular flexibility index (Phi) is 3.27. The van der Waals surface area contributed by atoms with E-state index in [1.54, 1.807) is 30.3 Å². The molecule has 1 aromatic heterocycles. The molecule has 6 heteroatoms. The summed E-state index contributed by atoms with van der Waals surface area (Å²) in [6, 6.07) is 12.3. The number of nitrogens with one attached hydrogen (secondary N) is 1. The number of nitro groups is 1. The van der Waals surface area contributed by atoms with Gasteiger partial charge in [-0.2, -0.15) is 0 Å². The van der Waals surface area contributed by atoms with Crippen LogP contribution in [0.15, 0.2) is 54.7 Å². The van der Waals surface area contributed by atoms with Crippen molar-refractivity contribution in [2.45, 2.75) is 0 Å². The van der Waals surface area contributed by atoms with Crippen LogP contribution < -0.4 is 0 Å². The molecule has 0 saturated heterocycles. The van der Waals surface area contributed by atoms with E-state index in [9.17, 15) is 19.7 Å². The van der Waals surface area contributed by atoms with Gasteiger partial charge in [-0.3, -0.25) is 19.7 Å². The lowest BCUT2D eigenvalue weighted by atomic mass is 10.0. The van der Waals surface area contributed by atoms with E-state index in [1.165, 1.54) is 24.4 Å². The minimum Gasteiger partial charge on any atom is -0.360 e. The second kappa shape index (κ2) is 5.25. The van der Waals surface area contributed by atoms with Crippen molar-refractivity contribution in [1.82, 2.24) is 4.98 Å². The molecule has 0 unspecified atom stereocenters. The first-order chi connectivity index (χ1) is 10.6. The maximum absolute atomic E-state index is 12.4. The predicted octanol–water partition coefficient (Wildman–Crippen LogP) is 3.14. The molecule has 2 aromatic carbocycles. The standard InChI is InChI=1S/C16H10N2O4/c19-15(10-4-2-1-3-5-10)16(20)13-9-17-14-7-6-11(18(21)22)8-12(13)14/h1-9,17H. The Labute approximate surface area is 124 Å². The molecular formula is C16H10N2O4. The van der Waals surface area contributed by atoms with Crippen LogP contribution in [0, 0.1) is 10.1 Å². The maximum atomic E-state index is 12.4. The SMILES string of the molecule is O=C(C(=O)c1c[nH]c2ccc([N+](=O)[O-])cc12)c1ccccc1. The number of hydrogen-bond donors (Lipinski definition) is 1. The van der Waals surface area contributed by atoms with Gasteiger partial charge in [0.1, 0.15) is 0 Å². The molecule has 3 aromatic rings. The second-order valence-corrected chi connectivity index (χ2v) is 4.71. The zero-order chi connectivity index (χ0) is 15.7. The van der Waals surface area contributed by atoms with Gasteiger partial charge >= 0.3 is 0 Å². The van der Waals surface area contributed by atoms with Crippen molar-refractivity contribution in [3.63, 3.8) is 0 Å². The topological polar surface area (TPSA) is 93.1 Å². The number of H-pyrrole nitrogens is 1. The van der Waals surface area contributed by atoms with Crippen LogP contribution in [-0.2, 0) is 0 Å². The molecular weight excluding hydrogens is 284 g/mol. The highest BCUT2D eigenvalue weighted by molar-refractivity contribution is 6.50. The van der Waals surface area contributed by atoms with Crippen molar-refractivity contribution in [2.24, 2.45) is 0 Å². The van der Waals surface area contributed by atoms with Crippen molar-refractivity contribution in [3.8, 4) is 0 Å². The fourth-order valence-electron chi connectivity index (χ4n) is 2.25. The van der Waals surface area contributed by atoms with Crippen LogP contribution in [0.3, 0.4) is 0 Å². The fourth-order valence-corrected chi connectivity index (χ4v) is 2.25. The zero-order valence-corrected chi connectivity index (χ0v) is 11.3. The average Bonchev–Trinajstić information content (AvgIpc) is 2.97. The lowest BCUT2D eigenvalue weighted by Gasteiger charge is -1.99. The first kappa shape index (κ1) is 13.7. The van der Waals surface area contributed by atoms with Gasteiger partial charge in [-0.15, -0.1) is 0 Å². The lowest BCUT2D eigenvalue weighted by Crippen LogP contribution is -2.13. The van der Waals surface area contributed by atoms with Gasteiger partial charge in [0.15, 0.2) is 0 Å². The Balaban J connectivity index is 2.06. The smallest absolute Gasteiger partial charge is 0.270 e. The van der Waals surface area contributed by atoms with Crippen molar-refractivity contribution >= 4 is 28.2 Å². The molecule has 6 nitrogen and oxygen atoms in total. The van der Waals surface area contributed by atoms with E-state index in [0.29, 0.717) is 10.9 Å². The summed E-state index contributed by atoms with van der Waals surface area (Å²) in [5.74, 6) is -1.34. The highest BCUT2D eigenvalue weighted by atomic mass is 16.6. The largest absolute Gasteiger partial charge is 0.360 e. The molecule has 0 aliphatic heterocycles.